The van der Waals surface area contributed by atoms with Crippen LogP contribution in [0.25, 0.3) is 0 Å². The Bertz CT molecular complexity index is 938. The van der Waals surface area contributed by atoms with Gasteiger partial charge < -0.3 is 9.64 Å². The Labute approximate surface area is 187 Å². The minimum absolute atomic E-state index is 0.0632. The smallest absolute Gasteiger partial charge is 0.254 e. The summed E-state index contributed by atoms with van der Waals surface area (Å²) >= 11 is 1.32. The van der Waals surface area contributed by atoms with Crippen molar-refractivity contribution < 1.29 is 14.3 Å². The summed E-state index contributed by atoms with van der Waals surface area (Å²) in [6.45, 7) is 3.18. The van der Waals surface area contributed by atoms with Gasteiger partial charge in [0.25, 0.3) is 5.91 Å². The number of nitrogens with zero attached hydrogens (tertiary/aromatic N) is 3. The Balaban J connectivity index is 1.74. The average molecular weight is 443 g/mol. The van der Waals surface area contributed by atoms with Gasteiger partial charge in [-0.05, 0) is 30.9 Å². The van der Waals surface area contributed by atoms with Gasteiger partial charge in [-0.25, -0.2) is 0 Å². The number of ether oxygens (including phenoxy) is 1. The topological polar surface area (TPSA) is 84.4 Å². The number of carbonyl (C=O) groups excluding carboxylic acids is 2. The molecular formula is C23H30N4O3S. The normalized spacial score (nSPS) is 20.0. The highest BCUT2D eigenvalue weighted by Gasteiger charge is 2.54. The molecule has 1 atom stereocenters. The maximum absolute atomic E-state index is 13.8. The first kappa shape index (κ1) is 21.9. The molecule has 2 aromatic rings. The SMILES string of the molecule is CCCCN1C(=O)c2ccccc2[C@@H](C(=O)Nc2nnc(COC)s2)C12CCCCC2. The van der Waals surface area contributed by atoms with Crippen LogP contribution in [0.3, 0.4) is 0 Å². The van der Waals surface area contributed by atoms with Crippen molar-refractivity contribution in [3.8, 4) is 0 Å². The minimum atomic E-state index is -0.483. The number of unbranched alkanes of at least 4 members (excludes halogenated alkanes) is 1. The number of fused-ring (bicyclic) bond motifs is 1. The molecule has 2 amide bonds. The van der Waals surface area contributed by atoms with Gasteiger partial charge in [0.1, 0.15) is 11.6 Å². The molecule has 1 fully saturated rings. The molecular weight excluding hydrogens is 412 g/mol. The maximum atomic E-state index is 13.8. The minimum Gasteiger partial charge on any atom is -0.377 e. The number of carbonyl (C=O) groups is 2. The Kier molecular flexibility index (Phi) is 6.67. The van der Waals surface area contributed by atoms with Gasteiger partial charge in [0.05, 0.1) is 11.5 Å². The Morgan fingerprint density at radius 3 is 2.77 bits per heavy atom. The number of nitrogens with one attached hydrogen (secondary N) is 1. The summed E-state index contributed by atoms with van der Waals surface area (Å²) in [6, 6.07) is 7.60. The summed E-state index contributed by atoms with van der Waals surface area (Å²) in [7, 11) is 1.60. The van der Waals surface area contributed by atoms with E-state index in [0.717, 1.165) is 50.5 Å². The molecule has 1 aromatic carbocycles. The molecule has 1 aliphatic carbocycles. The molecule has 31 heavy (non-hydrogen) atoms. The van der Waals surface area contributed by atoms with Crippen molar-refractivity contribution >= 4 is 28.3 Å². The van der Waals surface area contributed by atoms with Crippen molar-refractivity contribution in [1.29, 1.82) is 0 Å². The lowest BCUT2D eigenvalue weighted by Gasteiger charge is -2.53. The molecule has 0 radical (unpaired) electrons. The van der Waals surface area contributed by atoms with Crippen LogP contribution in [0.2, 0.25) is 0 Å². The third-order valence-corrected chi connectivity index (χ3v) is 7.32. The van der Waals surface area contributed by atoms with Gasteiger partial charge >= 0.3 is 0 Å². The molecule has 1 N–H and O–H groups in total. The Morgan fingerprint density at radius 1 is 1.26 bits per heavy atom. The fourth-order valence-corrected chi connectivity index (χ4v) is 5.86. The van der Waals surface area contributed by atoms with Gasteiger partial charge in [0, 0.05) is 19.2 Å². The highest BCUT2D eigenvalue weighted by Crippen LogP contribution is 2.49. The van der Waals surface area contributed by atoms with Crippen LogP contribution in [0.1, 0.15) is 78.7 Å². The number of aromatic nitrogens is 2. The number of hydrogen-bond acceptors (Lipinski definition) is 6. The summed E-state index contributed by atoms with van der Waals surface area (Å²) in [4.78, 5) is 29.3. The molecule has 7 nitrogen and oxygen atoms in total. The van der Waals surface area contributed by atoms with E-state index < -0.39 is 11.5 Å². The molecule has 1 aliphatic heterocycles. The Hall–Kier alpha value is -2.32. The van der Waals surface area contributed by atoms with Gasteiger partial charge in [-0.15, -0.1) is 10.2 Å². The largest absolute Gasteiger partial charge is 0.377 e. The molecule has 1 aromatic heterocycles. The van der Waals surface area contributed by atoms with Crippen LogP contribution in [-0.4, -0.2) is 46.1 Å². The van der Waals surface area contributed by atoms with Crippen LogP contribution in [0.15, 0.2) is 24.3 Å². The first-order valence-electron chi connectivity index (χ1n) is 11.1. The summed E-state index contributed by atoms with van der Waals surface area (Å²) in [6.07, 6.45) is 6.83. The highest BCUT2D eigenvalue weighted by molar-refractivity contribution is 7.15. The molecule has 2 aliphatic rings. The standard InChI is InChI=1S/C23H30N4O3S/c1-3-4-14-27-21(29)17-11-7-6-10-16(17)19(23(27)12-8-5-9-13-23)20(28)24-22-26-25-18(31-22)15-30-2/h6-7,10-11,19H,3-5,8-9,12-15H2,1-2H3,(H,24,26,28)/t19-/m0/s1. The molecule has 8 heteroatoms. The van der Waals surface area contributed by atoms with E-state index in [2.05, 4.69) is 22.4 Å². The zero-order chi connectivity index (χ0) is 21.8. The van der Waals surface area contributed by atoms with E-state index in [0.29, 0.717) is 28.9 Å². The maximum Gasteiger partial charge on any atom is 0.254 e. The predicted octanol–water partition coefficient (Wildman–Crippen LogP) is 4.37. The first-order valence-corrected chi connectivity index (χ1v) is 12.0. The van der Waals surface area contributed by atoms with Crippen molar-refractivity contribution in [3.63, 3.8) is 0 Å². The van der Waals surface area contributed by atoms with Crippen molar-refractivity contribution in [3.05, 3.63) is 40.4 Å². The number of amides is 2. The Morgan fingerprint density at radius 2 is 2.03 bits per heavy atom. The molecule has 1 spiro atoms. The molecule has 4 rings (SSSR count). The number of rotatable bonds is 7. The zero-order valence-corrected chi connectivity index (χ0v) is 19.0. The third-order valence-electron chi connectivity index (χ3n) is 6.50. The van der Waals surface area contributed by atoms with E-state index in [1.807, 2.05) is 29.2 Å². The van der Waals surface area contributed by atoms with E-state index >= 15 is 0 Å². The second-order valence-electron chi connectivity index (χ2n) is 8.42. The van der Waals surface area contributed by atoms with Crippen LogP contribution in [0.4, 0.5) is 5.13 Å². The van der Waals surface area contributed by atoms with Crippen LogP contribution in [0.5, 0.6) is 0 Å². The van der Waals surface area contributed by atoms with Gasteiger partial charge in [-0.2, -0.15) is 0 Å². The lowest BCUT2D eigenvalue weighted by molar-refractivity contribution is -0.122. The van der Waals surface area contributed by atoms with Crippen molar-refractivity contribution in [2.45, 2.75) is 69.9 Å². The van der Waals surface area contributed by atoms with Crippen molar-refractivity contribution in [2.24, 2.45) is 0 Å². The average Bonchev–Trinajstić information content (AvgIpc) is 3.21. The van der Waals surface area contributed by atoms with Crippen LogP contribution in [-0.2, 0) is 16.1 Å². The predicted molar refractivity (Wildman–Crippen MR) is 120 cm³/mol. The molecule has 0 unspecified atom stereocenters. The number of hydrogen-bond donors (Lipinski definition) is 1. The summed E-state index contributed by atoms with van der Waals surface area (Å²) < 4.78 is 5.11. The van der Waals surface area contributed by atoms with Crippen LogP contribution in [0, 0.1) is 0 Å². The fraction of sp³-hybridized carbons (Fsp3) is 0.565. The molecule has 0 bridgehead atoms. The van der Waals surface area contributed by atoms with Crippen molar-refractivity contribution in [1.82, 2.24) is 15.1 Å². The van der Waals surface area contributed by atoms with E-state index in [9.17, 15) is 9.59 Å². The summed E-state index contributed by atoms with van der Waals surface area (Å²) in [5, 5.41) is 12.4. The fourth-order valence-electron chi connectivity index (χ4n) is 5.15. The molecule has 166 valence electrons. The van der Waals surface area contributed by atoms with Crippen LogP contribution >= 0.6 is 11.3 Å². The quantitative estimate of drug-likeness (QED) is 0.688. The lowest BCUT2D eigenvalue weighted by Crippen LogP contribution is -2.62. The number of benzene rings is 1. The molecule has 2 heterocycles. The van der Waals surface area contributed by atoms with Crippen LogP contribution < -0.4 is 5.32 Å². The van der Waals surface area contributed by atoms with E-state index in [-0.39, 0.29) is 11.8 Å². The van der Waals surface area contributed by atoms with Gasteiger partial charge in [-0.1, -0.05) is 62.1 Å². The number of anilines is 1. The summed E-state index contributed by atoms with van der Waals surface area (Å²) in [5.41, 5.74) is 0.997. The highest BCUT2D eigenvalue weighted by atomic mass is 32.1. The second-order valence-corrected chi connectivity index (χ2v) is 9.48. The second kappa shape index (κ2) is 9.44. The first-order chi connectivity index (χ1) is 15.1. The van der Waals surface area contributed by atoms with Gasteiger partial charge in [-0.3, -0.25) is 14.9 Å². The summed E-state index contributed by atoms with van der Waals surface area (Å²) in [5.74, 6) is -0.468. The van der Waals surface area contributed by atoms with E-state index in [4.69, 9.17) is 4.74 Å². The monoisotopic (exact) mass is 442 g/mol. The molecule has 1 saturated carbocycles. The van der Waals surface area contributed by atoms with Crippen molar-refractivity contribution in [2.75, 3.05) is 19.0 Å². The van der Waals surface area contributed by atoms with Gasteiger partial charge in [0.15, 0.2) is 0 Å². The van der Waals surface area contributed by atoms with E-state index in [1.165, 1.54) is 11.3 Å². The lowest BCUT2D eigenvalue weighted by atomic mass is 9.65. The number of methoxy groups -OCH3 is 1. The third kappa shape index (κ3) is 4.11. The van der Waals surface area contributed by atoms with E-state index in [1.54, 1.807) is 7.11 Å². The van der Waals surface area contributed by atoms with Gasteiger partial charge in [0.2, 0.25) is 11.0 Å². The zero-order valence-electron chi connectivity index (χ0n) is 18.2. The molecule has 0 saturated heterocycles.